The van der Waals surface area contributed by atoms with E-state index in [9.17, 15) is 14.7 Å². The summed E-state index contributed by atoms with van der Waals surface area (Å²) < 4.78 is 0. The first-order valence-corrected chi connectivity index (χ1v) is 6.57. The van der Waals surface area contributed by atoms with Gasteiger partial charge in [-0.15, -0.1) is 0 Å². The van der Waals surface area contributed by atoms with Gasteiger partial charge in [-0.2, -0.15) is 0 Å². The van der Waals surface area contributed by atoms with E-state index in [0.29, 0.717) is 0 Å². The molecule has 1 heterocycles. The van der Waals surface area contributed by atoms with E-state index < -0.39 is 17.7 Å². The highest BCUT2D eigenvalue weighted by Crippen LogP contribution is 2.31. The Morgan fingerprint density at radius 1 is 1.20 bits per heavy atom. The summed E-state index contributed by atoms with van der Waals surface area (Å²) in [6.45, 7) is 7.70. The van der Waals surface area contributed by atoms with Crippen LogP contribution in [0.3, 0.4) is 0 Å². The number of carbonyl (C=O) groups is 2. The first-order valence-electron chi connectivity index (χ1n) is 6.57. The fraction of sp³-hybridized carbons (Fsp3) is 0.375. The van der Waals surface area contributed by atoms with E-state index in [1.807, 2.05) is 24.3 Å². The van der Waals surface area contributed by atoms with Crippen LogP contribution in [0.1, 0.15) is 44.9 Å². The first kappa shape index (κ1) is 14.3. The van der Waals surface area contributed by atoms with Gasteiger partial charge in [0.1, 0.15) is 0 Å². The molecular formula is C16H19NO3. The average molecular weight is 273 g/mol. The van der Waals surface area contributed by atoms with Crippen LogP contribution in [0, 0.1) is 0 Å². The smallest absolute Gasteiger partial charge is 0.287 e. The molecule has 1 aromatic rings. The van der Waals surface area contributed by atoms with E-state index in [0.717, 1.165) is 5.56 Å². The third kappa shape index (κ3) is 2.46. The number of aliphatic hydroxyl groups is 1. The van der Waals surface area contributed by atoms with E-state index in [2.05, 4.69) is 26.1 Å². The van der Waals surface area contributed by atoms with Crippen molar-refractivity contribution >= 4 is 11.7 Å². The molecule has 0 fully saturated rings. The number of hydrogen-bond donors (Lipinski definition) is 2. The third-order valence-electron chi connectivity index (χ3n) is 3.52. The van der Waals surface area contributed by atoms with E-state index in [1.165, 1.54) is 12.5 Å². The van der Waals surface area contributed by atoms with Crippen LogP contribution in [-0.4, -0.2) is 16.8 Å². The van der Waals surface area contributed by atoms with Gasteiger partial charge in [0.2, 0.25) is 0 Å². The van der Waals surface area contributed by atoms with Crippen LogP contribution in [0.5, 0.6) is 0 Å². The minimum Gasteiger partial charge on any atom is -0.503 e. The lowest BCUT2D eigenvalue weighted by Gasteiger charge is -2.20. The molecule has 1 amide bonds. The molecular weight excluding hydrogens is 254 g/mol. The minimum atomic E-state index is -0.597. The summed E-state index contributed by atoms with van der Waals surface area (Å²) in [7, 11) is 0. The van der Waals surface area contributed by atoms with Gasteiger partial charge in [-0.05, 0) is 23.5 Å². The minimum absolute atomic E-state index is 0.0405. The average Bonchev–Trinajstić information content (AvgIpc) is 2.65. The Kier molecular flexibility index (Phi) is 3.42. The fourth-order valence-corrected chi connectivity index (χ4v) is 2.33. The number of hydrogen-bond acceptors (Lipinski definition) is 3. The molecule has 1 atom stereocenters. The molecule has 1 aliphatic rings. The quantitative estimate of drug-likeness (QED) is 0.870. The van der Waals surface area contributed by atoms with Crippen molar-refractivity contribution in [3.8, 4) is 0 Å². The summed E-state index contributed by atoms with van der Waals surface area (Å²) in [5.74, 6) is -1.37. The lowest BCUT2D eigenvalue weighted by Crippen LogP contribution is -2.23. The van der Waals surface area contributed by atoms with Gasteiger partial charge < -0.3 is 10.4 Å². The summed E-state index contributed by atoms with van der Waals surface area (Å²) in [5.41, 5.74) is 2.14. The number of ketones is 1. The van der Waals surface area contributed by atoms with Crippen molar-refractivity contribution in [2.24, 2.45) is 0 Å². The topological polar surface area (TPSA) is 66.4 Å². The van der Waals surface area contributed by atoms with Crippen LogP contribution < -0.4 is 5.32 Å². The van der Waals surface area contributed by atoms with Gasteiger partial charge in [0.05, 0.1) is 11.6 Å². The van der Waals surface area contributed by atoms with Gasteiger partial charge in [0.15, 0.2) is 11.5 Å². The molecule has 2 N–H and O–H groups in total. The monoisotopic (exact) mass is 273 g/mol. The van der Waals surface area contributed by atoms with Gasteiger partial charge in [-0.1, -0.05) is 45.0 Å². The number of rotatable bonds is 2. The zero-order chi connectivity index (χ0) is 15.1. The van der Waals surface area contributed by atoms with Crippen molar-refractivity contribution in [3.63, 3.8) is 0 Å². The number of aliphatic hydroxyl groups excluding tert-OH is 1. The van der Waals surface area contributed by atoms with Crippen molar-refractivity contribution in [1.82, 2.24) is 5.32 Å². The van der Waals surface area contributed by atoms with Crippen LogP contribution in [0.2, 0.25) is 0 Å². The van der Waals surface area contributed by atoms with Crippen LogP contribution >= 0.6 is 0 Å². The second-order valence-corrected chi connectivity index (χ2v) is 6.10. The van der Waals surface area contributed by atoms with Gasteiger partial charge in [0.25, 0.3) is 5.91 Å². The molecule has 20 heavy (non-hydrogen) atoms. The third-order valence-corrected chi connectivity index (χ3v) is 3.52. The van der Waals surface area contributed by atoms with Crippen molar-refractivity contribution in [3.05, 3.63) is 46.7 Å². The fourth-order valence-electron chi connectivity index (χ4n) is 2.33. The molecule has 0 aliphatic carbocycles. The van der Waals surface area contributed by atoms with E-state index in [4.69, 9.17) is 0 Å². The van der Waals surface area contributed by atoms with Crippen LogP contribution in [0.15, 0.2) is 35.6 Å². The zero-order valence-electron chi connectivity index (χ0n) is 12.2. The summed E-state index contributed by atoms with van der Waals surface area (Å²) in [6, 6.07) is 7.16. The Morgan fingerprint density at radius 3 is 2.20 bits per heavy atom. The Labute approximate surface area is 118 Å². The molecule has 1 unspecified atom stereocenters. The molecule has 1 aliphatic heterocycles. The molecule has 0 saturated carbocycles. The maximum Gasteiger partial charge on any atom is 0.287 e. The van der Waals surface area contributed by atoms with Crippen LogP contribution in [0.4, 0.5) is 0 Å². The second-order valence-electron chi connectivity index (χ2n) is 6.10. The standard InChI is InChI=1S/C16H19NO3/c1-9(18)12-13(17-15(20)14(12)19)10-5-7-11(8-6-10)16(2,3)4/h5-8,13,19H,1-4H3,(H,17,20). The Morgan fingerprint density at radius 2 is 1.75 bits per heavy atom. The maximum atomic E-state index is 11.6. The molecule has 0 radical (unpaired) electrons. The lowest BCUT2D eigenvalue weighted by molar-refractivity contribution is -0.119. The van der Waals surface area contributed by atoms with Crippen LogP contribution in [-0.2, 0) is 15.0 Å². The summed E-state index contributed by atoms with van der Waals surface area (Å²) in [6.07, 6.45) is 0. The second kappa shape index (κ2) is 4.78. The van der Waals surface area contributed by atoms with Crippen molar-refractivity contribution in [2.75, 3.05) is 0 Å². The maximum absolute atomic E-state index is 11.6. The van der Waals surface area contributed by atoms with Gasteiger partial charge >= 0.3 is 0 Å². The van der Waals surface area contributed by atoms with Gasteiger partial charge in [0, 0.05) is 0 Å². The summed E-state index contributed by atoms with van der Waals surface area (Å²) in [5, 5.41) is 12.3. The van der Waals surface area contributed by atoms with E-state index in [-0.39, 0.29) is 16.8 Å². The number of amides is 1. The summed E-state index contributed by atoms with van der Waals surface area (Å²) >= 11 is 0. The SMILES string of the molecule is CC(=O)C1=C(O)C(=O)NC1c1ccc(C(C)(C)C)cc1. The Bertz CT molecular complexity index is 591. The molecule has 0 saturated heterocycles. The number of benzene rings is 1. The first-order chi connectivity index (χ1) is 9.21. The number of carbonyl (C=O) groups excluding carboxylic acids is 2. The Balaban J connectivity index is 2.38. The highest BCUT2D eigenvalue weighted by atomic mass is 16.3. The summed E-state index contributed by atoms with van der Waals surface area (Å²) in [4.78, 5) is 23.1. The normalized spacial score (nSPS) is 19.2. The molecule has 0 bridgehead atoms. The zero-order valence-corrected chi connectivity index (χ0v) is 12.2. The Hall–Kier alpha value is -2.10. The molecule has 0 spiro atoms. The molecule has 1 aromatic carbocycles. The highest BCUT2D eigenvalue weighted by Gasteiger charge is 2.35. The number of nitrogens with one attached hydrogen (secondary N) is 1. The predicted octanol–water partition coefficient (Wildman–Crippen LogP) is 2.56. The molecule has 2 rings (SSSR count). The van der Waals surface area contributed by atoms with Crippen molar-refractivity contribution in [1.29, 1.82) is 0 Å². The molecule has 4 nitrogen and oxygen atoms in total. The van der Waals surface area contributed by atoms with Gasteiger partial charge in [-0.3, -0.25) is 9.59 Å². The number of Topliss-reactive ketones (excluding diaryl/α,β-unsaturated/α-hetero) is 1. The lowest BCUT2D eigenvalue weighted by atomic mass is 9.85. The molecule has 106 valence electrons. The van der Waals surface area contributed by atoms with Crippen molar-refractivity contribution < 1.29 is 14.7 Å². The van der Waals surface area contributed by atoms with Gasteiger partial charge in [-0.25, -0.2) is 0 Å². The van der Waals surface area contributed by atoms with Crippen LogP contribution in [0.25, 0.3) is 0 Å². The van der Waals surface area contributed by atoms with Crippen molar-refractivity contribution in [2.45, 2.75) is 39.2 Å². The molecule has 0 aromatic heterocycles. The largest absolute Gasteiger partial charge is 0.503 e. The van der Waals surface area contributed by atoms with E-state index in [1.54, 1.807) is 0 Å². The predicted molar refractivity (Wildman–Crippen MR) is 76.4 cm³/mol. The molecule has 4 heteroatoms. The van der Waals surface area contributed by atoms with E-state index >= 15 is 0 Å². The highest BCUT2D eigenvalue weighted by molar-refractivity contribution is 6.08.